The number of carboxylic acids is 1. The van der Waals surface area contributed by atoms with Crippen LogP contribution in [-0.4, -0.2) is 48.5 Å². The van der Waals surface area contributed by atoms with Crippen LogP contribution in [-0.2, 0) is 4.79 Å². The fraction of sp³-hybridized carbons (Fsp3) is 0.533. The first-order valence-corrected chi connectivity index (χ1v) is 8.13. The van der Waals surface area contributed by atoms with Gasteiger partial charge in [0.15, 0.2) is 0 Å². The van der Waals surface area contributed by atoms with Gasteiger partial charge in [0.2, 0.25) is 0 Å². The summed E-state index contributed by atoms with van der Waals surface area (Å²) in [4.78, 5) is 14.4. The Morgan fingerprint density at radius 2 is 2.20 bits per heavy atom. The van der Waals surface area contributed by atoms with Crippen LogP contribution < -0.4 is 4.74 Å². The molecular weight excluding hydrogens is 274 g/mol. The first kappa shape index (κ1) is 15.2. The van der Waals surface area contributed by atoms with Gasteiger partial charge in [0, 0.05) is 18.0 Å². The number of aliphatic carboxylic acids is 1. The number of carbonyl (C=O) groups is 1. The number of likely N-dealkylation sites (tertiary alicyclic amines) is 1. The second-order valence-electron chi connectivity index (χ2n) is 5.00. The van der Waals surface area contributed by atoms with Crippen LogP contribution in [0, 0.1) is 5.92 Å². The van der Waals surface area contributed by atoms with Crippen molar-refractivity contribution in [3.05, 3.63) is 24.3 Å². The highest BCUT2D eigenvalue weighted by Gasteiger charge is 2.24. The van der Waals surface area contributed by atoms with E-state index in [1.165, 1.54) is 4.90 Å². The van der Waals surface area contributed by atoms with E-state index in [9.17, 15) is 4.79 Å². The summed E-state index contributed by atoms with van der Waals surface area (Å²) in [6.07, 6.45) is 3.80. The lowest BCUT2D eigenvalue weighted by Crippen LogP contribution is -2.40. The summed E-state index contributed by atoms with van der Waals surface area (Å²) in [6, 6.07) is 8.03. The topological polar surface area (TPSA) is 49.8 Å². The number of thioether (sulfide) groups is 1. The summed E-state index contributed by atoms with van der Waals surface area (Å²) in [6.45, 7) is 3.00. The molecule has 110 valence electrons. The van der Waals surface area contributed by atoms with Crippen molar-refractivity contribution in [2.45, 2.75) is 17.7 Å². The third kappa shape index (κ3) is 4.42. The molecule has 1 atom stereocenters. The average molecular weight is 295 g/mol. The SMILES string of the molecule is CSc1ccc(OCCN2CCCC(C(=O)O)C2)cc1. The van der Waals surface area contributed by atoms with Crippen LogP contribution in [0.25, 0.3) is 0 Å². The van der Waals surface area contributed by atoms with Gasteiger partial charge in [0.25, 0.3) is 0 Å². The molecule has 1 N–H and O–H groups in total. The molecular formula is C15H21NO3S. The maximum Gasteiger partial charge on any atom is 0.307 e. The molecule has 1 heterocycles. The normalized spacial score (nSPS) is 19.8. The zero-order chi connectivity index (χ0) is 14.4. The largest absolute Gasteiger partial charge is 0.492 e. The molecule has 2 rings (SSSR count). The number of ether oxygens (including phenoxy) is 1. The third-order valence-electron chi connectivity index (χ3n) is 3.59. The molecule has 1 aromatic carbocycles. The van der Waals surface area contributed by atoms with Crippen molar-refractivity contribution >= 4 is 17.7 Å². The van der Waals surface area contributed by atoms with Gasteiger partial charge in [-0.15, -0.1) is 11.8 Å². The summed E-state index contributed by atoms with van der Waals surface area (Å²) < 4.78 is 5.71. The lowest BCUT2D eigenvalue weighted by Gasteiger charge is -2.30. The van der Waals surface area contributed by atoms with E-state index in [4.69, 9.17) is 9.84 Å². The van der Waals surface area contributed by atoms with Gasteiger partial charge in [0.1, 0.15) is 12.4 Å². The Hall–Kier alpha value is -1.20. The van der Waals surface area contributed by atoms with Crippen molar-refractivity contribution in [2.75, 3.05) is 32.5 Å². The molecule has 1 aliphatic rings. The number of nitrogens with zero attached hydrogens (tertiary/aromatic N) is 1. The van der Waals surface area contributed by atoms with E-state index in [2.05, 4.69) is 4.90 Å². The van der Waals surface area contributed by atoms with E-state index in [1.807, 2.05) is 30.5 Å². The van der Waals surface area contributed by atoms with Crippen molar-refractivity contribution in [1.29, 1.82) is 0 Å². The van der Waals surface area contributed by atoms with Crippen LogP contribution in [0.5, 0.6) is 5.75 Å². The molecule has 1 saturated heterocycles. The van der Waals surface area contributed by atoms with Crippen molar-refractivity contribution in [3.8, 4) is 5.75 Å². The van der Waals surface area contributed by atoms with Crippen LogP contribution in [0.4, 0.5) is 0 Å². The molecule has 20 heavy (non-hydrogen) atoms. The van der Waals surface area contributed by atoms with Crippen LogP contribution in [0.3, 0.4) is 0 Å². The van der Waals surface area contributed by atoms with Gasteiger partial charge < -0.3 is 9.84 Å². The standard InChI is InChI=1S/C15H21NO3S/c1-20-14-6-4-13(5-7-14)19-10-9-16-8-2-3-12(11-16)15(17)18/h4-7,12H,2-3,8-11H2,1H3,(H,17,18). The number of hydrogen-bond acceptors (Lipinski definition) is 4. The Labute approximate surface area is 124 Å². The first-order chi connectivity index (χ1) is 9.69. The van der Waals surface area contributed by atoms with E-state index in [0.29, 0.717) is 13.2 Å². The first-order valence-electron chi connectivity index (χ1n) is 6.91. The highest BCUT2D eigenvalue weighted by molar-refractivity contribution is 7.98. The molecule has 0 saturated carbocycles. The molecule has 0 bridgehead atoms. The second-order valence-corrected chi connectivity index (χ2v) is 5.88. The quantitative estimate of drug-likeness (QED) is 0.818. The summed E-state index contributed by atoms with van der Waals surface area (Å²) in [5.74, 6) is -0.0255. The Morgan fingerprint density at radius 1 is 1.45 bits per heavy atom. The van der Waals surface area contributed by atoms with Crippen LogP contribution >= 0.6 is 11.8 Å². The smallest absolute Gasteiger partial charge is 0.307 e. The van der Waals surface area contributed by atoms with E-state index >= 15 is 0 Å². The maximum atomic E-state index is 11.0. The predicted octanol–water partition coefficient (Wildman–Crippen LogP) is 2.58. The highest BCUT2D eigenvalue weighted by atomic mass is 32.2. The number of piperidine rings is 1. The lowest BCUT2D eigenvalue weighted by molar-refractivity contribution is -0.143. The average Bonchev–Trinajstić information content (AvgIpc) is 2.48. The second kappa shape index (κ2) is 7.55. The van der Waals surface area contributed by atoms with Gasteiger partial charge in [-0.25, -0.2) is 0 Å². The maximum absolute atomic E-state index is 11.0. The summed E-state index contributed by atoms with van der Waals surface area (Å²) in [7, 11) is 0. The Bertz CT molecular complexity index is 435. The van der Waals surface area contributed by atoms with Crippen LogP contribution in [0.15, 0.2) is 29.2 Å². The van der Waals surface area contributed by atoms with E-state index in [-0.39, 0.29) is 5.92 Å². The van der Waals surface area contributed by atoms with E-state index < -0.39 is 5.97 Å². The van der Waals surface area contributed by atoms with Gasteiger partial charge in [-0.2, -0.15) is 0 Å². The molecule has 1 aliphatic heterocycles. The fourth-order valence-electron chi connectivity index (χ4n) is 2.42. The molecule has 0 spiro atoms. The summed E-state index contributed by atoms with van der Waals surface area (Å²) >= 11 is 1.71. The number of carboxylic acid groups (broad SMARTS) is 1. The van der Waals surface area contributed by atoms with Gasteiger partial charge in [-0.1, -0.05) is 0 Å². The highest BCUT2D eigenvalue weighted by Crippen LogP contribution is 2.19. The molecule has 0 amide bonds. The van der Waals surface area contributed by atoms with Gasteiger partial charge in [0.05, 0.1) is 5.92 Å². The minimum atomic E-state index is -0.678. The molecule has 0 aromatic heterocycles. The van der Waals surface area contributed by atoms with E-state index in [1.54, 1.807) is 11.8 Å². The molecule has 0 aliphatic carbocycles. The van der Waals surface area contributed by atoms with Crippen LogP contribution in [0.1, 0.15) is 12.8 Å². The number of benzene rings is 1. The Morgan fingerprint density at radius 3 is 2.85 bits per heavy atom. The molecule has 1 aromatic rings. The Balaban J connectivity index is 1.73. The zero-order valence-electron chi connectivity index (χ0n) is 11.7. The van der Waals surface area contributed by atoms with Crippen LogP contribution in [0.2, 0.25) is 0 Å². The molecule has 4 nitrogen and oxygen atoms in total. The minimum absolute atomic E-state index is 0.218. The Kier molecular flexibility index (Phi) is 5.73. The predicted molar refractivity (Wildman–Crippen MR) is 80.5 cm³/mol. The van der Waals surface area contributed by atoms with Gasteiger partial charge >= 0.3 is 5.97 Å². The van der Waals surface area contributed by atoms with Crippen molar-refractivity contribution in [3.63, 3.8) is 0 Å². The van der Waals surface area contributed by atoms with Gasteiger partial charge in [-0.05, 0) is 49.9 Å². The minimum Gasteiger partial charge on any atom is -0.492 e. The molecule has 1 unspecified atom stereocenters. The summed E-state index contributed by atoms with van der Waals surface area (Å²) in [5, 5.41) is 9.05. The molecule has 0 radical (unpaired) electrons. The summed E-state index contributed by atoms with van der Waals surface area (Å²) in [5.41, 5.74) is 0. The van der Waals surface area contributed by atoms with Crippen molar-refractivity contribution in [1.82, 2.24) is 4.90 Å². The lowest BCUT2D eigenvalue weighted by atomic mass is 9.98. The van der Waals surface area contributed by atoms with Crippen molar-refractivity contribution in [2.24, 2.45) is 5.92 Å². The monoisotopic (exact) mass is 295 g/mol. The van der Waals surface area contributed by atoms with Crippen molar-refractivity contribution < 1.29 is 14.6 Å². The molecule has 5 heteroatoms. The molecule has 1 fully saturated rings. The third-order valence-corrected chi connectivity index (χ3v) is 4.33. The van der Waals surface area contributed by atoms with E-state index in [0.717, 1.165) is 31.7 Å². The fourth-order valence-corrected chi connectivity index (χ4v) is 2.83. The number of hydrogen-bond donors (Lipinski definition) is 1. The zero-order valence-corrected chi connectivity index (χ0v) is 12.6. The van der Waals surface area contributed by atoms with Gasteiger partial charge in [-0.3, -0.25) is 9.69 Å². The number of rotatable bonds is 6.